The Labute approximate surface area is 124 Å². The summed E-state index contributed by atoms with van der Waals surface area (Å²) in [4.78, 5) is 11.8. The third-order valence-corrected chi connectivity index (χ3v) is 4.22. The normalized spacial score (nSPS) is 13.1. The third-order valence-electron chi connectivity index (χ3n) is 2.46. The Morgan fingerprint density at radius 1 is 1.47 bits per heavy atom. The first-order valence-electron chi connectivity index (χ1n) is 6.20. The highest BCUT2D eigenvalue weighted by Crippen LogP contribution is 2.22. The zero-order chi connectivity index (χ0) is 14.5. The third kappa shape index (κ3) is 6.32. The second-order valence-electron chi connectivity index (χ2n) is 5.29. The summed E-state index contributed by atoms with van der Waals surface area (Å²) in [7, 11) is 0. The number of nitrogens with two attached hydrogens (primary N) is 1. The van der Waals surface area contributed by atoms with Gasteiger partial charge in [0.05, 0.1) is 11.8 Å². The average molecular weight is 301 g/mol. The highest BCUT2D eigenvalue weighted by Gasteiger charge is 2.14. The number of carbonyl (C=O) groups excluding carboxylic acids is 1. The average Bonchev–Trinajstić information content (AvgIpc) is 2.27. The van der Waals surface area contributed by atoms with E-state index in [9.17, 15) is 4.79 Å². The van der Waals surface area contributed by atoms with E-state index < -0.39 is 0 Å². The highest BCUT2D eigenvalue weighted by atomic mass is 35.5. The van der Waals surface area contributed by atoms with Crippen LogP contribution in [0.3, 0.4) is 0 Å². The predicted octanol–water partition coefficient (Wildman–Crippen LogP) is 2.99. The zero-order valence-electron chi connectivity index (χ0n) is 11.6. The lowest BCUT2D eigenvalue weighted by molar-refractivity contribution is -0.119. The van der Waals surface area contributed by atoms with Crippen molar-refractivity contribution in [3.63, 3.8) is 0 Å². The lowest BCUT2D eigenvalue weighted by Crippen LogP contribution is -2.36. The summed E-state index contributed by atoms with van der Waals surface area (Å²) in [5.74, 6) is 1.16. The van der Waals surface area contributed by atoms with Crippen LogP contribution in [0.4, 0.5) is 0 Å². The van der Waals surface area contributed by atoms with Crippen LogP contribution in [0.5, 0.6) is 0 Å². The van der Waals surface area contributed by atoms with Gasteiger partial charge < -0.3 is 11.1 Å². The summed E-state index contributed by atoms with van der Waals surface area (Å²) in [5, 5.41) is 3.61. The fraction of sp³-hybridized carbons (Fsp3) is 0.500. The lowest BCUT2D eigenvalue weighted by atomic mass is 10.1. The molecule has 1 aromatic carbocycles. The lowest BCUT2D eigenvalue weighted by Gasteiger charge is -2.18. The monoisotopic (exact) mass is 300 g/mol. The van der Waals surface area contributed by atoms with Crippen LogP contribution in [0, 0.1) is 0 Å². The van der Waals surface area contributed by atoms with Crippen molar-refractivity contribution in [3.05, 3.63) is 34.9 Å². The molecule has 3 N–H and O–H groups in total. The molecular weight excluding hydrogens is 280 g/mol. The molecule has 0 saturated heterocycles. The summed E-state index contributed by atoms with van der Waals surface area (Å²) >= 11 is 7.63. The molecule has 1 amide bonds. The molecular formula is C14H21ClN2OS. The number of rotatable bonds is 6. The van der Waals surface area contributed by atoms with E-state index >= 15 is 0 Å². The minimum Gasteiger partial charge on any atom is -0.349 e. The first-order valence-corrected chi connectivity index (χ1v) is 7.73. The van der Waals surface area contributed by atoms with Crippen LogP contribution < -0.4 is 11.1 Å². The fourth-order valence-electron chi connectivity index (χ4n) is 1.59. The Kier molecular flexibility index (Phi) is 6.17. The molecule has 0 aliphatic rings. The Hall–Kier alpha value is -0.710. The van der Waals surface area contributed by atoms with Crippen LogP contribution >= 0.6 is 23.4 Å². The first-order chi connectivity index (χ1) is 8.79. The van der Waals surface area contributed by atoms with Gasteiger partial charge in [-0.1, -0.05) is 29.8 Å². The fourth-order valence-corrected chi connectivity index (χ4v) is 2.79. The maximum atomic E-state index is 11.8. The number of thioether (sulfide) groups is 1. The highest BCUT2D eigenvalue weighted by molar-refractivity contribution is 8.00. The van der Waals surface area contributed by atoms with E-state index in [1.807, 2.05) is 45.0 Å². The van der Waals surface area contributed by atoms with E-state index in [1.165, 1.54) is 11.8 Å². The van der Waals surface area contributed by atoms with Gasteiger partial charge in [0.15, 0.2) is 0 Å². The van der Waals surface area contributed by atoms with Crippen LogP contribution in [0.25, 0.3) is 0 Å². The standard InChI is InChI=1S/C14H21ClN2OS/c1-10(11-6-4-5-7-12(11)15)17-13(18)8-19-9-14(2,3)16/h4-7,10H,8-9,16H2,1-3H3,(H,17,18). The molecule has 0 radical (unpaired) electrons. The summed E-state index contributed by atoms with van der Waals surface area (Å²) < 4.78 is 0. The quantitative estimate of drug-likeness (QED) is 0.849. The topological polar surface area (TPSA) is 55.1 Å². The molecule has 0 aliphatic heterocycles. The van der Waals surface area contributed by atoms with Crippen molar-refractivity contribution in [1.29, 1.82) is 0 Å². The van der Waals surface area contributed by atoms with Crippen molar-refractivity contribution in [1.82, 2.24) is 5.32 Å². The molecule has 3 nitrogen and oxygen atoms in total. The molecule has 0 saturated carbocycles. The summed E-state index contributed by atoms with van der Waals surface area (Å²) in [6, 6.07) is 7.44. The second-order valence-corrected chi connectivity index (χ2v) is 6.68. The van der Waals surface area contributed by atoms with E-state index in [-0.39, 0.29) is 17.5 Å². The largest absolute Gasteiger partial charge is 0.349 e. The van der Waals surface area contributed by atoms with Gasteiger partial charge in [-0.2, -0.15) is 11.8 Å². The molecule has 0 aromatic heterocycles. The van der Waals surface area contributed by atoms with Gasteiger partial charge in [0.2, 0.25) is 5.91 Å². The van der Waals surface area contributed by atoms with Crippen molar-refractivity contribution in [2.75, 3.05) is 11.5 Å². The van der Waals surface area contributed by atoms with Gasteiger partial charge in [-0.25, -0.2) is 0 Å². The van der Waals surface area contributed by atoms with E-state index in [1.54, 1.807) is 0 Å². The molecule has 1 unspecified atom stereocenters. The number of carbonyl (C=O) groups is 1. The van der Waals surface area contributed by atoms with Gasteiger partial charge in [0.25, 0.3) is 0 Å². The molecule has 0 spiro atoms. The van der Waals surface area contributed by atoms with Crippen LogP contribution in [0.15, 0.2) is 24.3 Å². The van der Waals surface area contributed by atoms with Gasteiger partial charge >= 0.3 is 0 Å². The van der Waals surface area contributed by atoms with E-state index in [0.717, 1.165) is 11.3 Å². The zero-order valence-corrected chi connectivity index (χ0v) is 13.1. The van der Waals surface area contributed by atoms with Gasteiger partial charge in [0.1, 0.15) is 0 Å². The number of hydrogen-bond donors (Lipinski definition) is 2. The molecule has 0 fully saturated rings. The molecule has 1 atom stereocenters. The molecule has 0 aliphatic carbocycles. The molecule has 0 heterocycles. The summed E-state index contributed by atoms with van der Waals surface area (Å²) in [6.07, 6.45) is 0. The van der Waals surface area contributed by atoms with Gasteiger partial charge in [-0.3, -0.25) is 4.79 Å². The number of benzene rings is 1. The maximum absolute atomic E-state index is 11.8. The minimum atomic E-state index is -0.251. The van der Waals surface area contributed by atoms with Crippen LogP contribution in [0.1, 0.15) is 32.4 Å². The van der Waals surface area contributed by atoms with Crippen molar-refractivity contribution < 1.29 is 4.79 Å². The van der Waals surface area contributed by atoms with Crippen LogP contribution in [-0.2, 0) is 4.79 Å². The van der Waals surface area contributed by atoms with Gasteiger partial charge in [-0.05, 0) is 32.4 Å². The maximum Gasteiger partial charge on any atom is 0.230 e. The second kappa shape index (κ2) is 7.17. The number of hydrogen-bond acceptors (Lipinski definition) is 3. The van der Waals surface area contributed by atoms with Crippen molar-refractivity contribution >= 4 is 29.3 Å². The number of nitrogens with one attached hydrogen (secondary N) is 1. The summed E-state index contributed by atoms with van der Waals surface area (Å²) in [6.45, 7) is 5.82. The number of amides is 1. The smallest absolute Gasteiger partial charge is 0.230 e. The molecule has 1 aromatic rings. The molecule has 1 rings (SSSR count). The van der Waals surface area contributed by atoms with Crippen molar-refractivity contribution in [2.24, 2.45) is 5.73 Å². The molecule has 5 heteroatoms. The van der Waals surface area contributed by atoms with E-state index in [0.29, 0.717) is 10.8 Å². The van der Waals surface area contributed by atoms with Crippen LogP contribution in [-0.4, -0.2) is 23.0 Å². The molecule has 19 heavy (non-hydrogen) atoms. The number of halogens is 1. The van der Waals surface area contributed by atoms with E-state index in [2.05, 4.69) is 5.32 Å². The van der Waals surface area contributed by atoms with Crippen LogP contribution in [0.2, 0.25) is 5.02 Å². The SMILES string of the molecule is CC(NC(=O)CSCC(C)(C)N)c1ccccc1Cl. The first kappa shape index (κ1) is 16.3. The molecule has 106 valence electrons. The summed E-state index contributed by atoms with van der Waals surface area (Å²) in [5.41, 5.74) is 6.55. The van der Waals surface area contributed by atoms with Crippen molar-refractivity contribution in [2.45, 2.75) is 32.4 Å². The van der Waals surface area contributed by atoms with Gasteiger partial charge in [0, 0.05) is 16.3 Å². The Balaban J connectivity index is 2.43. The Bertz CT molecular complexity index is 432. The Morgan fingerprint density at radius 2 is 2.11 bits per heavy atom. The van der Waals surface area contributed by atoms with Crippen molar-refractivity contribution in [3.8, 4) is 0 Å². The van der Waals surface area contributed by atoms with Gasteiger partial charge in [-0.15, -0.1) is 0 Å². The minimum absolute atomic E-state index is 0.00155. The predicted molar refractivity (Wildman–Crippen MR) is 83.6 cm³/mol. The Morgan fingerprint density at radius 3 is 2.68 bits per heavy atom. The van der Waals surface area contributed by atoms with E-state index in [4.69, 9.17) is 17.3 Å². The molecule has 0 bridgehead atoms.